The number of phenols is 1. The van der Waals surface area contributed by atoms with Gasteiger partial charge in [0.1, 0.15) is 5.75 Å². The highest BCUT2D eigenvalue weighted by atomic mass is 127. The van der Waals surface area contributed by atoms with Crippen LogP contribution in [0, 0.1) is 17.8 Å². The average Bonchev–Trinajstić information content (AvgIpc) is 3.23. The van der Waals surface area contributed by atoms with Gasteiger partial charge in [0.25, 0.3) is 0 Å². The van der Waals surface area contributed by atoms with Gasteiger partial charge in [-0.15, -0.1) is 0 Å². The molecule has 7 heteroatoms. The second-order valence-electron chi connectivity index (χ2n) is 14.6. The van der Waals surface area contributed by atoms with Gasteiger partial charge in [-0.2, -0.15) is 0 Å². The van der Waals surface area contributed by atoms with E-state index in [0.717, 1.165) is 62.8 Å². The number of fused-ring (bicyclic) bond motifs is 7. The molecule has 0 radical (unpaired) electrons. The van der Waals surface area contributed by atoms with Crippen molar-refractivity contribution < 1.29 is 9.84 Å². The lowest BCUT2D eigenvalue weighted by molar-refractivity contribution is 0.0527. The Morgan fingerprint density at radius 2 is 1.77 bits per heavy atom. The first-order chi connectivity index (χ1) is 21.0. The minimum absolute atomic E-state index is 0.0358. The quantitative estimate of drug-likeness (QED) is 0.0969. The molecule has 228 valence electrons. The van der Waals surface area contributed by atoms with Gasteiger partial charge < -0.3 is 14.7 Å². The molecule has 3 aromatic carbocycles. The van der Waals surface area contributed by atoms with Crippen LogP contribution in [0.2, 0.25) is 0 Å². The molecule has 4 aliphatic rings. The standard InChI is InChI=1S/C37H41IN4O2/c1-23-15-28-27(17-26(23)24-9-10-32(31(38)16-24)42-11-13-44-14-12-42)33(43)18-30-34(28)25-7-5-6-8-29(25)37(30)20-35(2,3)19-36(4,21-37)22-40-41-39/h5-10,15,17-18,31,43H,11-14,16,19-22H2,1-4H3. The number of halogens is 1. The topological polar surface area (TPSA) is 81.5 Å². The van der Waals surface area contributed by atoms with Gasteiger partial charge in [0.2, 0.25) is 0 Å². The van der Waals surface area contributed by atoms with Crippen LogP contribution in [0.3, 0.4) is 0 Å². The molecule has 0 aromatic heterocycles. The first-order valence-corrected chi connectivity index (χ1v) is 17.1. The van der Waals surface area contributed by atoms with E-state index in [2.05, 4.69) is 120 Å². The van der Waals surface area contributed by atoms with Crippen molar-refractivity contribution in [1.82, 2.24) is 4.90 Å². The number of ether oxygens (including phenoxy) is 1. The van der Waals surface area contributed by atoms with Crippen LogP contribution in [-0.2, 0) is 10.2 Å². The Morgan fingerprint density at radius 1 is 1.00 bits per heavy atom. The minimum Gasteiger partial charge on any atom is -0.507 e. The summed E-state index contributed by atoms with van der Waals surface area (Å²) in [5.74, 6) is 0.347. The van der Waals surface area contributed by atoms with Crippen LogP contribution in [0.4, 0.5) is 0 Å². The third kappa shape index (κ3) is 4.83. The molecular weight excluding hydrogens is 659 g/mol. The van der Waals surface area contributed by atoms with Crippen molar-refractivity contribution >= 4 is 38.9 Å². The highest BCUT2D eigenvalue weighted by Crippen LogP contribution is 2.65. The van der Waals surface area contributed by atoms with Crippen LogP contribution in [-0.4, -0.2) is 46.8 Å². The van der Waals surface area contributed by atoms with Gasteiger partial charge in [-0.05, 0) is 112 Å². The number of alkyl halides is 1. The second kappa shape index (κ2) is 10.8. The number of nitrogens with zero attached hydrogens (tertiary/aromatic N) is 4. The van der Waals surface area contributed by atoms with Crippen LogP contribution in [0.5, 0.6) is 5.75 Å². The lowest BCUT2D eigenvalue weighted by Gasteiger charge is -2.52. The van der Waals surface area contributed by atoms with Gasteiger partial charge in [0, 0.05) is 41.0 Å². The highest BCUT2D eigenvalue weighted by Gasteiger charge is 2.54. The van der Waals surface area contributed by atoms with Crippen molar-refractivity contribution in [3.63, 3.8) is 0 Å². The van der Waals surface area contributed by atoms with E-state index in [4.69, 9.17) is 4.74 Å². The lowest BCUT2D eigenvalue weighted by atomic mass is 9.52. The summed E-state index contributed by atoms with van der Waals surface area (Å²) >= 11 is 2.59. The largest absolute Gasteiger partial charge is 0.507 e. The van der Waals surface area contributed by atoms with Crippen molar-refractivity contribution in [3.05, 3.63) is 93.0 Å². The molecule has 1 saturated carbocycles. The normalized spacial score (nSPS) is 27.4. The maximum Gasteiger partial charge on any atom is 0.123 e. The number of aromatic hydroxyl groups is 1. The molecule has 3 unspecified atom stereocenters. The molecule has 1 aliphatic heterocycles. The minimum atomic E-state index is -0.257. The predicted molar refractivity (Wildman–Crippen MR) is 187 cm³/mol. The zero-order valence-electron chi connectivity index (χ0n) is 26.2. The summed E-state index contributed by atoms with van der Waals surface area (Å²) in [5.41, 5.74) is 19.1. The van der Waals surface area contributed by atoms with Gasteiger partial charge in [0.05, 0.1) is 17.1 Å². The molecule has 1 heterocycles. The molecule has 7 rings (SSSR count). The summed E-state index contributed by atoms with van der Waals surface area (Å²) in [6, 6.07) is 15.5. The van der Waals surface area contributed by atoms with E-state index in [1.807, 2.05) is 0 Å². The number of azide groups is 1. The monoisotopic (exact) mass is 700 g/mol. The molecule has 2 fully saturated rings. The highest BCUT2D eigenvalue weighted by molar-refractivity contribution is 14.1. The number of hydrogen-bond acceptors (Lipinski definition) is 4. The lowest BCUT2D eigenvalue weighted by Crippen LogP contribution is -2.46. The van der Waals surface area contributed by atoms with Crippen LogP contribution < -0.4 is 0 Å². The maximum absolute atomic E-state index is 11.8. The first kappa shape index (κ1) is 29.7. The summed E-state index contributed by atoms with van der Waals surface area (Å²) in [5, 5.41) is 17.9. The van der Waals surface area contributed by atoms with Crippen molar-refractivity contribution in [2.45, 2.75) is 62.7 Å². The molecule has 1 spiro atoms. The number of benzene rings is 3. The smallest absolute Gasteiger partial charge is 0.123 e. The molecule has 3 aromatic rings. The fourth-order valence-corrected chi connectivity index (χ4v) is 10.5. The molecule has 6 nitrogen and oxygen atoms in total. The Morgan fingerprint density at radius 3 is 2.52 bits per heavy atom. The van der Waals surface area contributed by atoms with Crippen molar-refractivity contribution in [3.8, 4) is 16.9 Å². The summed E-state index contributed by atoms with van der Waals surface area (Å²) < 4.78 is 5.98. The molecule has 3 aliphatic carbocycles. The van der Waals surface area contributed by atoms with Crippen LogP contribution in [0.15, 0.2) is 65.4 Å². The van der Waals surface area contributed by atoms with Gasteiger partial charge in [0.15, 0.2) is 0 Å². The molecule has 3 atom stereocenters. The van der Waals surface area contributed by atoms with E-state index >= 15 is 0 Å². The van der Waals surface area contributed by atoms with E-state index in [0.29, 0.717) is 16.2 Å². The number of morpholine rings is 1. The van der Waals surface area contributed by atoms with Crippen molar-refractivity contribution in [2.75, 3.05) is 32.8 Å². The van der Waals surface area contributed by atoms with E-state index in [1.54, 1.807) is 0 Å². The van der Waals surface area contributed by atoms with E-state index < -0.39 is 0 Å². The second-order valence-corrected chi connectivity index (χ2v) is 16.1. The Balaban J connectivity index is 1.38. The summed E-state index contributed by atoms with van der Waals surface area (Å²) in [4.78, 5) is 5.61. The van der Waals surface area contributed by atoms with Crippen LogP contribution in [0.25, 0.3) is 37.9 Å². The molecule has 1 saturated heterocycles. The fraction of sp³-hybridized carbons (Fsp3) is 0.459. The third-order valence-corrected chi connectivity index (χ3v) is 11.6. The van der Waals surface area contributed by atoms with E-state index in [9.17, 15) is 10.6 Å². The first-order valence-electron chi connectivity index (χ1n) is 15.8. The Labute approximate surface area is 273 Å². The van der Waals surface area contributed by atoms with Gasteiger partial charge in [-0.1, -0.05) is 84.9 Å². The molecule has 1 N–H and O–H groups in total. The van der Waals surface area contributed by atoms with E-state index in [-0.39, 0.29) is 16.2 Å². The average molecular weight is 701 g/mol. The van der Waals surface area contributed by atoms with Gasteiger partial charge in [-0.25, -0.2) is 0 Å². The third-order valence-electron chi connectivity index (χ3n) is 10.5. The molecule has 44 heavy (non-hydrogen) atoms. The zero-order chi connectivity index (χ0) is 30.9. The summed E-state index contributed by atoms with van der Waals surface area (Å²) in [6.07, 6.45) is 8.42. The summed E-state index contributed by atoms with van der Waals surface area (Å²) in [7, 11) is 0. The van der Waals surface area contributed by atoms with E-state index in [1.165, 1.54) is 44.7 Å². The Kier molecular flexibility index (Phi) is 7.30. The maximum atomic E-state index is 11.8. The van der Waals surface area contributed by atoms with Crippen molar-refractivity contribution in [1.29, 1.82) is 0 Å². The number of phenolic OH excluding ortho intramolecular Hbond substituents is 1. The Bertz CT molecular complexity index is 1780. The number of rotatable bonds is 4. The SMILES string of the molecule is Cc1cc2c3c(cc(O)c2cc1C1=CC=C(N2CCOCC2)C(I)C1)C1(CC(C)(C)CC(C)(CN=[N+]=[N-])C1)c1ccccc1-3. The number of aryl methyl sites for hydroxylation is 1. The van der Waals surface area contributed by atoms with Crippen molar-refractivity contribution in [2.24, 2.45) is 15.9 Å². The fourth-order valence-electron chi connectivity index (χ4n) is 9.40. The molecular formula is C37H41IN4O2. The zero-order valence-corrected chi connectivity index (χ0v) is 28.3. The number of hydrogen-bond donors (Lipinski definition) is 1. The molecule has 0 amide bonds. The van der Waals surface area contributed by atoms with Crippen LogP contribution >= 0.6 is 22.6 Å². The number of allylic oxidation sites excluding steroid dienone is 4. The Hall–Kier alpha value is -3.00. The van der Waals surface area contributed by atoms with Gasteiger partial charge in [-0.3, -0.25) is 0 Å². The predicted octanol–water partition coefficient (Wildman–Crippen LogP) is 9.45. The van der Waals surface area contributed by atoms with Gasteiger partial charge >= 0.3 is 0 Å². The van der Waals surface area contributed by atoms with Crippen LogP contribution in [0.1, 0.15) is 68.7 Å². The summed E-state index contributed by atoms with van der Waals surface area (Å²) in [6.45, 7) is 13.1. The molecule has 0 bridgehead atoms.